The summed E-state index contributed by atoms with van der Waals surface area (Å²) in [4.78, 5) is 3.87. The molecular weight excluding hydrogens is 256 g/mol. The zero-order chi connectivity index (χ0) is 13.8. The zero-order valence-corrected chi connectivity index (χ0v) is 11.6. The zero-order valence-electron chi connectivity index (χ0n) is 10.6. The fraction of sp³-hybridized carbons (Fsp3) is 0.455. The van der Waals surface area contributed by atoms with Gasteiger partial charge in [-0.1, -0.05) is 24.3 Å². The molecule has 1 rings (SSSR count). The molecule has 1 aromatic heterocycles. The topological polar surface area (TPSA) is 52.0 Å². The standard InChI is InChI=1S/C11H16F2N3OSi/c1-18(2,3)5-4-9-6-15-11(7-16(9)14)17-8-10(12)13/h6-7,10H,8H2,1-3H3,(H2,14,15)/q+1. The van der Waals surface area contributed by atoms with Crippen LogP contribution in [-0.4, -0.2) is 26.1 Å². The van der Waals surface area contributed by atoms with Crippen LogP contribution in [0.1, 0.15) is 5.69 Å². The summed E-state index contributed by atoms with van der Waals surface area (Å²) in [6.07, 6.45) is 0.203. The highest BCUT2D eigenvalue weighted by molar-refractivity contribution is 6.83. The van der Waals surface area contributed by atoms with Gasteiger partial charge in [0.1, 0.15) is 14.3 Å². The van der Waals surface area contributed by atoms with E-state index in [0.29, 0.717) is 5.69 Å². The van der Waals surface area contributed by atoms with Gasteiger partial charge in [0, 0.05) is 0 Å². The lowest BCUT2D eigenvalue weighted by Gasteiger charge is -2.03. The van der Waals surface area contributed by atoms with Crippen molar-refractivity contribution >= 4 is 8.07 Å². The number of hydrogen-bond acceptors (Lipinski definition) is 3. The van der Waals surface area contributed by atoms with Gasteiger partial charge in [-0.2, -0.15) is 0 Å². The van der Waals surface area contributed by atoms with Crippen molar-refractivity contribution in [3.8, 4) is 17.3 Å². The Kier molecular flexibility index (Phi) is 4.61. The van der Waals surface area contributed by atoms with Gasteiger partial charge >= 0.3 is 5.69 Å². The Bertz CT molecular complexity index is 477. The van der Waals surface area contributed by atoms with Crippen LogP contribution >= 0.6 is 0 Å². The van der Waals surface area contributed by atoms with Crippen molar-refractivity contribution in [1.82, 2.24) is 4.98 Å². The quantitative estimate of drug-likeness (QED) is 0.386. The molecule has 98 valence electrons. The monoisotopic (exact) mass is 272 g/mol. The molecule has 0 saturated carbocycles. The summed E-state index contributed by atoms with van der Waals surface area (Å²) in [5.41, 5.74) is 3.65. The predicted octanol–water partition coefficient (Wildman–Crippen LogP) is 0.956. The Morgan fingerprint density at radius 2 is 2.17 bits per heavy atom. The third-order valence-electron chi connectivity index (χ3n) is 1.76. The molecule has 7 heteroatoms. The molecule has 1 heterocycles. The smallest absolute Gasteiger partial charge is 0.303 e. The third-order valence-corrected chi connectivity index (χ3v) is 2.64. The van der Waals surface area contributed by atoms with Gasteiger partial charge in [0.2, 0.25) is 0 Å². The van der Waals surface area contributed by atoms with Crippen LogP contribution in [0.15, 0.2) is 12.4 Å². The predicted molar refractivity (Wildman–Crippen MR) is 66.3 cm³/mol. The molecule has 0 radical (unpaired) electrons. The van der Waals surface area contributed by atoms with Crippen molar-refractivity contribution in [2.75, 3.05) is 12.4 Å². The molecule has 0 aliphatic heterocycles. The van der Waals surface area contributed by atoms with Crippen molar-refractivity contribution < 1.29 is 18.2 Å². The highest BCUT2D eigenvalue weighted by Gasteiger charge is 2.13. The molecule has 0 amide bonds. The molecule has 0 aromatic carbocycles. The van der Waals surface area contributed by atoms with Gasteiger partial charge in [-0.15, -0.1) is 5.54 Å². The maximum absolute atomic E-state index is 11.9. The number of nitrogen functional groups attached to an aromatic ring is 1. The number of nitrogens with zero attached hydrogens (tertiary/aromatic N) is 2. The van der Waals surface area contributed by atoms with Gasteiger partial charge in [0.25, 0.3) is 18.5 Å². The van der Waals surface area contributed by atoms with E-state index in [1.54, 1.807) is 0 Å². The SMILES string of the molecule is C[Si](C)(C)C#Cc1cnc(OCC(F)F)c[n+]1N. The maximum Gasteiger partial charge on any atom is 0.303 e. The Morgan fingerprint density at radius 3 is 2.67 bits per heavy atom. The van der Waals surface area contributed by atoms with Crippen LogP contribution in [0.3, 0.4) is 0 Å². The molecule has 1 aromatic rings. The van der Waals surface area contributed by atoms with E-state index in [2.05, 4.69) is 36.1 Å². The minimum atomic E-state index is -2.54. The second-order valence-electron chi connectivity index (χ2n) is 4.72. The van der Waals surface area contributed by atoms with Gasteiger partial charge in [-0.05, 0) is 5.92 Å². The number of aromatic nitrogens is 2. The molecule has 0 aliphatic rings. The second kappa shape index (κ2) is 5.77. The van der Waals surface area contributed by atoms with Crippen LogP contribution in [0, 0.1) is 11.5 Å². The van der Waals surface area contributed by atoms with Crippen LogP contribution < -0.4 is 15.3 Å². The summed E-state index contributed by atoms with van der Waals surface area (Å²) in [7, 11) is -1.49. The highest BCUT2D eigenvalue weighted by atomic mass is 28.3. The normalized spacial score (nSPS) is 11.0. The molecule has 18 heavy (non-hydrogen) atoms. The van der Waals surface area contributed by atoms with E-state index < -0.39 is 21.1 Å². The van der Waals surface area contributed by atoms with E-state index in [9.17, 15) is 8.78 Å². The summed E-state index contributed by atoms with van der Waals surface area (Å²) >= 11 is 0. The summed E-state index contributed by atoms with van der Waals surface area (Å²) in [6.45, 7) is 5.62. The van der Waals surface area contributed by atoms with Crippen LogP contribution in [0.25, 0.3) is 0 Å². The van der Waals surface area contributed by atoms with E-state index >= 15 is 0 Å². The first kappa shape index (κ1) is 14.4. The van der Waals surface area contributed by atoms with E-state index in [1.807, 2.05) is 0 Å². The van der Waals surface area contributed by atoms with Gasteiger partial charge in [0.15, 0.2) is 6.61 Å². The number of ether oxygens (including phenoxy) is 1. The minimum absolute atomic E-state index is 0.0522. The lowest BCUT2D eigenvalue weighted by molar-refractivity contribution is -0.642. The average Bonchev–Trinajstić information content (AvgIpc) is 2.23. The van der Waals surface area contributed by atoms with Crippen molar-refractivity contribution in [3.63, 3.8) is 0 Å². The maximum atomic E-state index is 11.9. The molecule has 4 nitrogen and oxygen atoms in total. The lowest BCUT2D eigenvalue weighted by Crippen LogP contribution is -2.47. The van der Waals surface area contributed by atoms with Crippen LogP contribution in [0.2, 0.25) is 19.6 Å². The summed E-state index contributed by atoms with van der Waals surface area (Å²) in [5, 5.41) is 0. The third kappa shape index (κ3) is 5.10. The largest absolute Gasteiger partial charge is 0.467 e. The lowest BCUT2D eigenvalue weighted by atomic mass is 10.5. The van der Waals surface area contributed by atoms with Gasteiger partial charge < -0.3 is 4.74 Å². The van der Waals surface area contributed by atoms with Crippen molar-refractivity contribution in [1.29, 1.82) is 0 Å². The molecule has 0 spiro atoms. The average molecular weight is 272 g/mol. The number of nitrogens with two attached hydrogens (primary N) is 1. The van der Waals surface area contributed by atoms with Crippen LogP contribution in [-0.2, 0) is 0 Å². The first-order valence-corrected chi connectivity index (χ1v) is 8.89. The van der Waals surface area contributed by atoms with Crippen molar-refractivity contribution in [3.05, 3.63) is 18.1 Å². The molecule has 0 aliphatic carbocycles. The molecular formula is C11H16F2N3OSi+. The summed E-state index contributed by atoms with van der Waals surface area (Å²) in [6, 6.07) is 0. The Morgan fingerprint density at radius 1 is 1.50 bits per heavy atom. The van der Waals surface area contributed by atoms with Crippen LogP contribution in [0.5, 0.6) is 5.88 Å². The van der Waals surface area contributed by atoms with Gasteiger partial charge in [-0.25, -0.2) is 19.6 Å². The number of halogens is 2. The van der Waals surface area contributed by atoms with E-state index in [4.69, 9.17) is 10.6 Å². The molecule has 0 atom stereocenters. The molecule has 0 saturated heterocycles. The Balaban J connectivity index is 2.82. The summed E-state index contributed by atoms with van der Waals surface area (Å²) < 4.78 is 29.9. The van der Waals surface area contributed by atoms with Crippen molar-refractivity contribution in [2.45, 2.75) is 26.1 Å². The van der Waals surface area contributed by atoms with Crippen molar-refractivity contribution in [2.24, 2.45) is 0 Å². The van der Waals surface area contributed by atoms with Gasteiger partial charge in [0.05, 0.1) is 0 Å². The Labute approximate surface area is 106 Å². The van der Waals surface area contributed by atoms with Crippen LogP contribution in [0.4, 0.5) is 8.78 Å². The molecule has 0 fully saturated rings. The molecule has 0 unspecified atom stereocenters. The van der Waals surface area contributed by atoms with E-state index in [-0.39, 0.29) is 5.88 Å². The first-order valence-electron chi connectivity index (χ1n) is 5.39. The molecule has 2 N–H and O–H groups in total. The highest BCUT2D eigenvalue weighted by Crippen LogP contribution is 2.04. The fourth-order valence-electron chi connectivity index (χ4n) is 0.985. The first-order chi connectivity index (χ1) is 8.28. The number of rotatable bonds is 3. The van der Waals surface area contributed by atoms with E-state index in [0.717, 1.165) is 0 Å². The number of alkyl halides is 2. The number of hydrogen-bond donors (Lipinski definition) is 1. The fourth-order valence-corrected chi connectivity index (χ4v) is 1.49. The van der Waals surface area contributed by atoms with E-state index in [1.165, 1.54) is 17.1 Å². The Hall–Kier alpha value is -1.68. The second-order valence-corrected chi connectivity index (χ2v) is 9.47. The van der Waals surface area contributed by atoms with Gasteiger partial charge in [-0.3, -0.25) is 0 Å². The minimum Gasteiger partial charge on any atom is -0.467 e. The summed E-state index contributed by atoms with van der Waals surface area (Å²) in [5.74, 6) is 8.66. The molecule has 0 bridgehead atoms.